The van der Waals surface area contributed by atoms with E-state index >= 15 is 0 Å². The van der Waals surface area contributed by atoms with E-state index in [1.54, 1.807) is 19.1 Å². The van der Waals surface area contributed by atoms with Crippen LogP contribution < -0.4 is 4.31 Å². The molecule has 2 aromatic carbocycles. The van der Waals surface area contributed by atoms with Gasteiger partial charge in [0, 0.05) is 6.04 Å². The molecule has 5 nitrogen and oxygen atoms in total. The second kappa shape index (κ2) is 6.28. The summed E-state index contributed by atoms with van der Waals surface area (Å²) >= 11 is 0. The molecular weight excluding hydrogens is 326 g/mol. The number of sulfonamides is 1. The lowest BCUT2D eigenvalue weighted by Gasteiger charge is -2.24. The summed E-state index contributed by atoms with van der Waals surface area (Å²) in [7, 11) is -3.75. The van der Waals surface area contributed by atoms with Crippen LogP contribution in [0.4, 0.5) is 5.69 Å². The van der Waals surface area contributed by atoms with Gasteiger partial charge in [0.25, 0.3) is 10.0 Å². The maximum Gasteiger partial charge on any atom is 0.338 e. The van der Waals surface area contributed by atoms with Crippen molar-refractivity contribution in [3.8, 4) is 0 Å². The summed E-state index contributed by atoms with van der Waals surface area (Å²) in [6, 6.07) is 13.3. The van der Waals surface area contributed by atoms with E-state index in [0.29, 0.717) is 12.1 Å². The van der Waals surface area contributed by atoms with Crippen LogP contribution in [0.5, 0.6) is 0 Å². The molecule has 0 saturated carbocycles. The highest BCUT2D eigenvalue weighted by atomic mass is 32.2. The highest BCUT2D eigenvalue weighted by Gasteiger charge is 2.36. The van der Waals surface area contributed by atoms with Crippen LogP contribution >= 0.6 is 0 Å². The molecule has 2 aromatic rings. The predicted molar refractivity (Wildman–Crippen MR) is 91.7 cm³/mol. The Balaban J connectivity index is 2.03. The number of rotatable bonds is 4. The lowest BCUT2D eigenvalue weighted by atomic mass is 10.1. The van der Waals surface area contributed by atoms with E-state index < -0.39 is 16.0 Å². The number of carbonyl (C=O) groups is 1. The monoisotopic (exact) mass is 345 g/mol. The second-order valence-electron chi connectivity index (χ2n) is 5.73. The van der Waals surface area contributed by atoms with Gasteiger partial charge in [0.1, 0.15) is 0 Å². The molecule has 0 N–H and O–H groups in total. The highest BCUT2D eigenvalue weighted by Crippen LogP contribution is 2.36. The van der Waals surface area contributed by atoms with Gasteiger partial charge < -0.3 is 4.74 Å². The van der Waals surface area contributed by atoms with Crippen LogP contribution in [0.3, 0.4) is 0 Å². The predicted octanol–water partition coefficient (Wildman–Crippen LogP) is 3.00. The molecule has 24 heavy (non-hydrogen) atoms. The summed E-state index contributed by atoms with van der Waals surface area (Å²) in [6.07, 6.45) is 0.674. The smallest absolute Gasteiger partial charge is 0.338 e. The fourth-order valence-electron chi connectivity index (χ4n) is 3.01. The van der Waals surface area contributed by atoms with Gasteiger partial charge in [0.2, 0.25) is 0 Å². The first kappa shape index (κ1) is 16.5. The van der Waals surface area contributed by atoms with Crippen molar-refractivity contribution >= 4 is 21.7 Å². The van der Waals surface area contributed by atoms with Crippen molar-refractivity contribution in [1.82, 2.24) is 0 Å². The Bertz CT molecular complexity index is 876. The molecule has 0 aliphatic carbocycles. The minimum atomic E-state index is -3.75. The van der Waals surface area contributed by atoms with Crippen LogP contribution in [0.15, 0.2) is 53.4 Å². The number of hydrogen-bond acceptors (Lipinski definition) is 4. The van der Waals surface area contributed by atoms with Crippen LogP contribution in [0, 0.1) is 0 Å². The molecule has 0 spiro atoms. The third-order valence-corrected chi connectivity index (χ3v) is 5.97. The maximum absolute atomic E-state index is 13.1. The van der Waals surface area contributed by atoms with Gasteiger partial charge in [-0.25, -0.2) is 13.2 Å². The van der Waals surface area contributed by atoms with Crippen molar-refractivity contribution in [3.63, 3.8) is 0 Å². The minimum absolute atomic E-state index is 0.0941. The van der Waals surface area contributed by atoms with Gasteiger partial charge in [0.15, 0.2) is 0 Å². The first-order valence-electron chi connectivity index (χ1n) is 7.84. The zero-order valence-electron chi connectivity index (χ0n) is 13.6. The molecule has 0 saturated heterocycles. The van der Waals surface area contributed by atoms with Crippen LogP contribution in [0.1, 0.15) is 29.8 Å². The molecule has 6 heteroatoms. The molecule has 1 aliphatic rings. The van der Waals surface area contributed by atoms with Crippen LogP contribution in [-0.4, -0.2) is 27.0 Å². The number of carbonyl (C=O) groups excluding carboxylic acids is 1. The molecule has 1 aliphatic heterocycles. The zero-order chi connectivity index (χ0) is 17.3. The quantitative estimate of drug-likeness (QED) is 0.799. The average molecular weight is 345 g/mol. The van der Waals surface area contributed by atoms with Gasteiger partial charge in [-0.2, -0.15) is 0 Å². The van der Waals surface area contributed by atoms with E-state index in [9.17, 15) is 13.2 Å². The summed E-state index contributed by atoms with van der Waals surface area (Å²) in [5.74, 6) is -0.524. The van der Waals surface area contributed by atoms with Gasteiger partial charge in [-0.05, 0) is 50.1 Å². The van der Waals surface area contributed by atoms with Gasteiger partial charge in [-0.3, -0.25) is 4.31 Å². The van der Waals surface area contributed by atoms with Gasteiger partial charge in [-0.15, -0.1) is 0 Å². The largest absolute Gasteiger partial charge is 0.462 e. The first-order chi connectivity index (χ1) is 11.4. The topological polar surface area (TPSA) is 63.7 Å². The number of benzene rings is 2. The number of para-hydroxylation sites is 1. The highest BCUT2D eigenvalue weighted by molar-refractivity contribution is 7.92. The lowest BCUT2D eigenvalue weighted by Crippen LogP contribution is -2.35. The Hall–Kier alpha value is -2.34. The Morgan fingerprint density at radius 2 is 1.96 bits per heavy atom. The fraction of sp³-hybridized carbons (Fsp3) is 0.278. The lowest BCUT2D eigenvalue weighted by molar-refractivity contribution is 0.0526. The van der Waals surface area contributed by atoms with E-state index in [2.05, 4.69) is 0 Å². The summed E-state index contributed by atoms with van der Waals surface area (Å²) in [6.45, 7) is 3.83. The molecule has 0 amide bonds. The Labute approximate surface area is 141 Å². The van der Waals surface area contributed by atoms with Crippen LogP contribution in [0.25, 0.3) is 0 Å². The number of anilines is 1. The first-order valence-corrected chi connectivity index (χ1v) is 9.28. The van der Waals surface area contributed by atoms with E-state index in [-0.39, 0.29) is 23.1 Å². The Morgan fingerprint density at radius 3 is 2.71 bits per heavy atom. The van der Waals surface area contributed by atoms with Crippen LogP contribution in [-0.2, 0) is 21.2 Å². The number of nitrogens with zero attached hydrogens (tertiary/aromatic N) is 1. The third-order valence-electron chi connectivity index (χ3n) is 4.05. The van der Waals surface area contributed by atoms with E-state index in [4.69, 9.17) is 4.74 Å². The van der Waals surface area contributed by atoms with Crippen molar-refractivity contribution in [3.05, 3.63) is 59.7 Å². The normalized spacial score (nSPS) is 16.8. The molecule has 1 heterocycles. The van der Waals surface area contributed by atoms with E-state index in [1.807, 2.05) is 31.2 Å². The summed E-state index contributed by atoms with van der Waals surface area (Å²) in [5.41, 5.74) is 1.94. The van der Waals surface area contributed by atoms with E-state index in [1.165, 1.54) is 16.4 Å². The Morgan fingerprint density at radius 1 is 1.21 bits per heavy atom. The van der Waals surface area contributed by atoms with Crippen molar-refractivity contribution in [2.24, 2.45) is 0 Å². The summed E-state index contributed by atoms with van der Waals surface area (Å²) in [4.78, 5) is 12.0. The van der Waals surface area contributed by atoms with Crippen LogP contribution in [0.2, 0.25) is 0 Å². The molecule has 1 atom stereocenters. The number of ether oxygens (including phenoxy) is 1. The third kappa shape index (κ3) is 2.78. The number of esters is 1. The van der Waals surface area contributed by atoms with Crippen molar-refractivity contribution < 1.29 is 17.9 Å². The molecule has 0 radical (unpaired) electrons. The van der Waals surface area contributed by atoms with Crippen molar-refractivity contribution in [2.45, 2.75) is 31.2 Å². The summed E-state index contributed by atoms with van der Waals surface area (Å²) in [5, 5.41) is 0. The van der Waals surface area contributed by atoms with Gasteiger partial charge in [0.05, 0.1) is 22.8 Å². The van der Waals surface area contributed by atoms with Gasteiger partial charge in [-0.1, -0.05) is 24.3 Å². The molecular formula is C18H19NO4S. The number of hydrogen-bond donors (Lipinski definition) is 0. The van der Waals surface area contributed by atoms with Crippen molar-refractivity contribution in [2.75, 3.05) is 10.9 Å². The number of fused-ring (bicyclic) bond motifs is 1. The maximum atomic E-state index is 13.1. The molecule has 0 bridgehead atoms. The second-order valence-corrected chi connectivity index (χ2v) is 7.55. The molecule has 0 unspecified atom stereocenters. The Kier molecular flexibility index (Phi) is 4.32. The SMILES string of the molecule is CCOC(=O)c1cccc(S(=O)(=O)N2c3ccccc3C[C@@H]2C)c1. The standard InChI is InChI=1S/C18H19NO4S/c1-3-23-18(20)15-8-6-9-16(12-15)24(21,22)19-13(2)11-14-7-4-5-10-17(14)19/h4-10,12-13H,3,11H2,1-2H3/t13-/m0/s1. The minimum Gasteiger partial charge on any atom is -0.462 e. The molecule has 126 valence electrons. The van der Waals surface area contributed by atoms with Crippen molar-refractivity contribution in [1.29, 1.82) is 0 Å². The van der Waals surface area contributed by atoms with Gasteiger partial charge >= 0.3 is 5.97 Å². The summed E-state index contributed by atoms with van der Waals surface area (Å²) < 4.78 is 32.6. The zero-order valence-corrected chi connectivity index (χ0v) is 14.4. The fourth-order valence-corrected chi connectivity index (χ4v) is 4.75. The molecule has 0 fully saturated rings. The molecule has 0 aromatic heterocycles. The van der Waals surface area contributed by atoms with E-state index in [0.717, 1.165) is 5.56 Å². The molecule has 3 rings (SSSR count). The average Bonchev–Trinajstić information content (AvgIpc) is 2.91.